The number of hydrogen-bond donors (Lipinski definition) is 4. The minimum absolute atomic E-state index is 0.0303. The fourth-order valence-electron chi connectivity index (χ4n) is 2.97. The van der Waals surface area contributed by atoms with E-state index in [1.54, 1.807) is 6.07 Å². The molecule has 0 bridgehead atoms. The van der Waals surface area contributed by atoms with Gasteiger partial charge in [0.25, 0.3) is 0 Å². The third-order valence-corrected chi connectivity index (χ3v) is 4.27. The Morgan fingerprint density at radius 3 is 2.39 bits per heavy atom. The van der Waals surface area contributed by atoms with Crippen molar-refractivity contribution < 1.29 is 28.2 Å². The lowest BCUT2D eigenvalue weighted by molar-refractivity contribution is -0.137. The largest absolute Gasteiger partial charge is 0.508 e. The molecule has 2 aromatic heterocycles. The monoisotopic (exact) mass is 387 g/mol. The Kier molecular flexibility index (Phi) is 3.88. The molecule has 4 N–H and O–H groups in total. The molecule has 142 valence electrons. The Hall–Kier alpha value is -3.75. The molecule has 2 heterocycles. The van der Waals surface area contributed by atoms with Crippen LogP contribution >= 0.6 is 0 Å². The molecule has 4 aromatic rings. The summed E-state index contributed by atoms with van der Waals surface area (Å²) in [5.41, 5.74) is 0.318. The number of halogens is 3. The number of benzene rings is 2. The van der Waals surface area contributed by atoms with Crippen LogP contribution in [0.2, 0.25) is 0 Å². The van der Waals surface area contributed by atoms with E-state index in [4.69, 9.17) is 0 Å². The van der Waals surface area contributed by atoms with Gasteiger partial charge in [-0.15, -0.1) is 0 Å². The van der Waals surface area contributed by atoms with Crippen LogP contribution in [0.4, 0.5) is 24.7 Å². The van der Waals surface area contributed by atoms with E-state index in [-0.39, 0.29) is 17.3 Å². The number of anilines is 2. The van der Waals surface area contributed by atoms with E-state index in [2.05, 4.69) is 15.3 Å². The first kappa shape index (κ1) is 17.7. The van der Waals surface area contributed by atoms with Gasteiger partial charge in [-0.25, -0.2) is 9.78 Å². The van der Waals surface area contributed by atoms with Gasteiger partial charge in [0.05, 0.1) is 16.6 Å². The van der Waals surface area contributed by atoms with Crippen LogP contribution in [-0.2, 0) is 6.18 Å². The minimum atomic E-state index is -4.45. The fourth-order valence-corrected chi connectivity index (χ4v) is 2.97. The maximum absolute atomic E-state index is 12.7. The Labute approximate surface area is 155 Å². The fraction of sp³-hybridized carbons (Fsp3) is 0.0526. The molecule has 0 atom stereocenters. The van der Waals surface area contributed by atoms with Crippen LogP contribution in [-0.4, -0.2) is 26.2 Å². The first-order valence-electron chi connectivity index (χ1n) is 8.05. The number of alkyl halides is 3. The summed E-state index contributed by atoms with van der Waals surface area (Å²) >= 11 is 0. The van der Waals surface area contributed by atoms with Crippen LogP contribution in [0.1, 0.15) is 16.1 Å². The number of aromatic hydroxyl groups is 1. The number of carbonyl (C=O) groups is 1. The maximum atomic E-state index is 12.7. The molecule has 0 fully saturated rings. The van der Waals surface area contributed by atoms with Crippen molar-refractivity contribution in [1.29, 1.82) is 0 Å². The molecule has 0 amide bonds. The SMILES string of the molecule is O=C(O)c1cc2c([nH]c3cc(O)ccc32)c(Nc2ccc(C(F)(F)F)cc2)n1. The molecule has 0 radical (unpaired) electrons. The van der Waals surface area contributed by atoms with Crippen molar-refractivity contribution in [2.24, 2.45) is 0 Å². The number of nitrogens with one attached hydrogen (secondary N) is 2. The first-order valence-corrected chi connectivity index (χ1v) is 8.05. The minimum Gasteiger partial charge on any atom is -0.508 e. The molecular weight excluding hydrogens is 375 g/mol. The second-order valence-corrected chi connectivity index (χ2v) is 6.14. The highest BCUT2D eigenvalue weighted by Crippen LogP contribution is 2.34. The van der Waals surface area contributed by atoms with Crippen LogP contribution in [0.25, 0.3) is 21.8 Å². The Bertz CT molecular complexity index is 1210. The van der Waals surface area contributed by atoms with Crippen molar-refractivity contribution in [3.05, 3.63) is 59.8 Å². The van der Waals surface area contributed by atoms with E-state index in [1.165, 1.54) is 30.3 Å². The summed E-state index contributed by atoms with van der Waals surface area (Å²) in [6.45, 7) is 0. The van der Waals surface area contributed by atoms with E-state index in [0.717, 1.165) is 12.1 Å². The molecular formula is C19H12F3N3O3. The molecule has 0 unspecified atom stereocenters. The Morgan fingerprint density at radius 2 is 1.75 bits per heavy atom. The summed E-state index contributed by atoms with van der Waals surface area (Å²) in [6, 6.07) is 10.3. The van der Waals surface area contributed by atoms with Gasteiger partial charge >= 0.3 is 12.1 Å². The molecule has 0 aliphatic heterocycles. The van der Waals surface area contributed by atoms with Gasteiger partial charge in [0.15, 0.2) is 11.5 Å². The van der Waals surface area contributed by atoms with Crippen molar-refractivity contribution in [2.45, 2.75) is 6.18 Å². The highest BCUT2D eigenvalue weighted by molar-refractivity contribution is 6.12. The molecule has 6 nitrogen and oxygen atoms in total. The van der Waals surface area contributed by atoms with Gasteiger partial charge in [-0.2, -0.15) is 13.2 Å². The quantitative estimate of drug-likeness (QED) is 0.402. The average Bonchev–Trinajstić information content (AvgIpc) is 2.99. The second kappa shape index (κ2) is 6.15. The number of aromatic carboxylic acids is 1. The van der Waals surface area contributed by atoms with Gasteiger partial charge in [-0.1, -0.05) is 0 Å². The average molecular weight is 387 g/mol. The normalized spacial score (nSPS) is 11.8. The number of pyridine rings is 1. The lowest BCUT2D eigenvalue weighted by atomic mass is 10.1. The number of phenols is 1. The first-order chi connectivity index (χ1) is 13.2. The number of nitrogens with zero attached hydrogens (tertiary/aromatic N) is 1. The second-order valence-electron chi connectivity index (χ2n) is 6.14. The Morgan fingerprint density at radius 1 is 1.04 bits per heavy atom. The predicted octanol–water partition coefficient (Wildman–Crippen LogP) is 4.88. The number of H-pyrrole nitrogens is 1. The van der Waals surface area contributed by atoms with Crippen molar-refractivity contribution in [2.75, 3.05) is 5.32 Å². The van der Waals surface area contributed by atoms with Crippen molar-refractivity contribution in [3.63, 3.8) is 0 Å². The highest BCUT2D eigenvalue weighted by atomic mass is 19.4. The van der Waals surface area contributed by atoms with Gasteiger partial charge in [0, 0.05) is 22.5 Å². The summed E-state index contributed by atoms with van der Waals surface area (Å²) in [4.78, 5) is 18.6. The predicted molar refractivity (Wildman–Crippen MR) is 97.0 cm³/mol. The van der Waals surface area contributed by atoms with Crippen LogP contribution in [0, 0.1) is 0 Å². The smallest absolute Gasteiger partial charge is 0.416 e. The summed E-state index contributed by atoms with van der Waals surface area (Å²) in [6.07, 6.45) is -4.45. The zero-order valence-electron chi connectivity index (χ0n) is 14.0. The van der Waals surface area contributed by atoms with Gasteiger partial charge in [0.2, 0.25) is 0 Å². The molecule has 0 saturated heterocycles. The topological polar surface area (TPSA) is 98.2 Å². The van der Waals surface area contributed by atoms with E-state index >= 15 is 0 Å². The standard InChI is InChI=1S/C19H12F3N3O3/c20-19(21,22)9-1-3-10(4-2-9)23-17-16-13(8-15(25-17)18(27)28)12-6-5-11(26)7-14(12)24-16/h1-8,24,26H,(H,23,25)(H,27,28). The van der Waals surface area contributed by atoms with Gasteiger partial charge in [-0.05, 0) is 42.5 Å². The molecule has 0 aliphatic carbocycles. The van der Waals surface area contributed by atoms with Crippen molar-refractivity contribution in [3.8, 4) is 5.75 Å². The van der Waals surface area contributed by atoms with Crippen molar-refractivity contribution in [1.82, 2.24) is 9.97 Å². The third-order valence-electron chi connectivity index (χ3n) is 4.27. The summed E-state index contributed by atoms with van der Waals surface area (Å²) < 4.78 is 38.2. The zero-order chi connectivity index (χ0) is 20.1. The molecule has 0 spiro atoms. The van der Waals surface area contributed by atoms with E-state index < -0.39 is 17.7 Å². The van der Waals surface area contributed by atoms with Crippen LogP contribution in [0.5, 0.6) is 5.75 Å². The number of carboxylic acid groups (broad SMARTS) is 1. The highest BCUT2D eigenvalue weighted by Gasteiger charge is 2.30. The summed E-state index contributed by atoms with van der Waals surface area (Å²) in [7, 11) is 0. The molecule has 2 aromatic carbocycles. The summed E-state index contributed by atoms with van der Waals surface area (Å²) in [5.74, 6) is -1.07. The van der Waals surface area contributed by atoms with Gasteiger partial charge < -0.3 is 20.5 Å². The lowest BCUT2D eigenvalue weighted by Gasteiger charge is -2.10. The third kappa shape index (κ3) is 3.07. The molecule has 0 aliphatic rings. The number of rotatable bonds is 3. The molecule has 0 saturated carbocycles. The number of aromatic nitrogens is 2. The molecule has 28 heavy (non-hydrogen) atoms. The van der Waals surface area contributed by atoms with Crippen molar-refractivity contribution >= 4 is 39.3 Å². The number of fused-ring (bicyclic) bond motifs is 3. The summed E-state index contributed by atoms with van der Waals surface area (Å²) in [5, 5.41) is 23.1. The number of phenolic OH excluding ortho intramolecular Hbond substituents is 1. The van der Waals surface area contributed by atoms with Crippen LogP contribution < -0.4 is 5.32 Å². The van der Waals surface area contributed by atoms with E-state index in [0.29, 0.717) is 27.5 Å². The van der Waals surface area contributed by atoms with Crippen LogP contribution in [0.3, 0.4) is 0 Å². The lowest BCUT2D eigenvalue weighted by Crippen LogP contribution is -2.06. The molecule has 4 rings (SSSR count). The number of aromatic amines is 1. The number of hydrogen-bond acceptors (Lipinski definition) is 4. The van der Waals surface area contributed by atoms with E-state index in [9.17, 15) is 28.2 Å². The molecule has 9 heteroatoms. The van der Waals surface area contributed by atoms with Gasteiger partial charge in [0.1, 0.15) is 5.75 Å². The van der Waals surface area contributed by atoms with Gasteiger partial charge in [-0.3, -0.25) is 0 Å². The number of carboxylic acids is 1. The Balaban J connectivity index is 1.85. The maximum Gasteiger partial charge on any atom is 0.416 e. The van der Waals surface area contributed by atoms with E-state index in [1.807, 2.05) is 0 Å². The van der Waals surface area contributed by atoms with Crippen LogP contribution in [0.15, 0.2) is 48.5 Å². The zero-order valence-corrected chi connectivity index (χ0v) is 14.0.